The predicted octanol–water partition coefficient (Wildman–Crippen LogP) is 1.20. The molecule has 15 heavy (non-hydrogen) atoms. The maximum atomic E-state index is 11.7. The molecule has 2 unspecified atom stereocenters. The second-order valence-corrected chi connectivity index (χ2v) is 5.28. The van der Waals surface area contributed by atoms with Crippen LogP contribution in [0.4, 0.5) is 0 Å². The van der Waals surface area contributed by atoms with Crippen LogP contribution in [0.3, 0.4) is 0 Å². The van der Waals surface area contributed by atoms with Gasteiger partial charge in [-0.05, 0) is 6.92 Å². The van der Waals surface area contributed by atoms with Crippen molar-refractivity contribution in [2.24, 2.45) is 0 Å². The van der Waals surface area contributed by atoms with Crippen LogP contribution in [0.2, 0.25) is 0 Å². The number of rotatable bonds is 3. The topological polar surface area (TPSA) is 57.6 Å². The Balaban J connectivity index is 2.47. The Labute approximate surface area is 94.0 Å². The van der Waals surface area contributed by atoms with E-state index in [9.17, 15) is 9.59 Å². The molecule has 0 radical (unpaired) electrons. The number of thioether (sulfide) groups is 1. The molecule has 86 valence electrons. The highest BCUT2D eigenvalue weighted by atomic mass is 32.2. The van der Waals surface area contributed by atoms with Gasteiger partial charge in [0.15, 0.2) is 0 Å². The summed E-state index contributed by atoms with van der Waals surface area (Å²) in [5.74, 6) is 0.0112. The molecule has 1 amide bonds. The Kier molecular flexibility index (Phi) is 4.45. The average molecular weight is 231 g/mol. The zero-order valence-corrected chi connectivity index (χ0v) is 9.92. The van der Waals surface area contributed by atoms with Crippen LogP contribution in [0.25, 0.3) is 0 Å². The number of hydrogen-bond acceptors (Lipinski definition) is 3. The molecule has 1 aliphatic rings. The number of carbonyl (C=O) groups is 2. The van der Waals surface area contributed by atoms with Gasteiger partial charge in [0, 0.05) is 30.0 Å². The van der Waals surface area contributed by atoms with Crippen LogP contribution < -0.4 is 0 Å². The van der Waals surface area contributed by atoms with E-state index >= 15 is 0 Å². The fourth-order valence-corrected chi connectivity index (χ4v) is 2.74. The van der Waals surface area contributed by atoms with Crippen LogP contribution in [-0.2, 0) is 9.59 Å². The van der Waals surface area contributed by atoms with E-state index in [1.807, 2.05) is 23.6 Å². The Morgan fingerprint density at radius 3 is 2.67 bits per heavy atom. The van der Waals surface area contributed by atoms with Gasteiger partial charge in [0.05, 0.1) is 6.42 Å². The molecule has 1 N–H and O–H groups in total. The first-order valence-electron chi connectivity index (χ1n) is 5.15. The number of carboxylic acids is 1. The van der Waals surface area contributed by atoms with Crippen LogP contribution in [0.15, 0.2) is 0 Å². The summed E-state index contributed by atoms with van der Waals surface area (Å²) in [6.07, 6.45) is 0.0562. The first-order valence-corrected chi connectivity index (χ1v) is 6.20. The monoisotopic (exact) mass is 231 g/mol. The van der Waals surface area contributed by atoms with Gasteiger partial charge in [-0.3, -0.25) is 9.59 Å². The highest BCUT2D eigenvalue weighted by Gasteiger charge is 2.28. The van der Waals surface area contributed by atoms with Crippen molar-refractivity contribution in [1.82, 2.24) is 4.90 Å². The SMILES string of the molecule is CC1SCCN(C(=O)CCC(=O)O)C1C. The molecular weight excluding hydrogens is 214 g/mol. The van der Waals surface area contributed by atoms with Crippen molar-refractivity contribution in [1.29, 1.82) is 0 Å². The standard InChI is InChI=1S/C10H17NO3S/c1-7-8(2)15-6-5-11(7)9(12)3-4-10(13)14/h7-8H,3-6H2,1-2H3,(H,13,14). The van der Waals surface area contributed by atoms with Gasteiger partial charge in [-0.15, -0.1) is 0 Å². The predicted molar refractivity (Wildman–Crippen MR) is 60.0 cm³/mol. The second-order valence-electron chi connectivity index (χ2n) is 3.80. The molecule has 1 heterocycles. The van der Waals surface area contributed by atoms with Crippen molar-refractivity contribution in [2.75, 3.05) is 12.3 Å². The minimum Gasteiger partial charge on any atom is -0.481 e. The lowest BCUT2D eigenvalue weighted by Gasteiger charge is -2.37. The molecule has 1 aliphatic heterocycles. The van der Waals surface area contributed by atoms with E-state index in [0.717, 1.165) is 12.3 Å². The van der Waals surface area contributed by atoms with Gasteiger partial charge in [-0.2, -0.15) is 11.8 Å². The quantitative estimate of drug-likeness (QED) is 0.793. The smallest absolute Gasteiger partial charge is 0.303 e. The second kappa shape index (κ2) is 5.39. The third kappa shape index (κ3) is 3.41. The van der Waals surface area contributed by atoms with Crippen molar-refractivity contribution >= 4 is 23.6 Å². The fourth-order valence-electron chi connectivity index (χ4n) is 1.64. The van der Waals surface area contributed by atoms with Crippen LogP contribution >= 0.6 is 11.8 Å². The average Bonchev–Trinajstić information content (AvgIpc) is 2.18. The van der Waals surface area contributed by atoms with Crippen LogP contribution in [0, 0.1) is 0 Å². The normalized spacial score (nSPS) is 26.4. The third-order valence-corrected chi connectivity index (χ3v) is 4.09. The number of carboxylic acid groups (broad SMARTS) is 1. The highest BCUT2D eigenvalue weighted by Crippen LogP contribution is 2.24. The molecule has 1 rings (SSSR count). The van der Waals surface area contributed by atoms with Crippen LogP contribution in [0.1, 0.15) is 26.7 Å². The molecule has 1 saturated heterocycles. The lowest BCUT2D eigenvalue weighted by Crippen LogP contribution is -2.48. The summed E-state index contributed by atoms with van der Waals surface area (Å²) < 4.78 is 0. The summed E-state index contributed by atoms with van der Waals surface area (Å²) in [4.78, 5) is 23.9. The molecule has 0 aliphatic carbocycles. The van der Waals surface area contributed by atoms with E-state index in [1.165, 1.54) is 0 Å². The minimum atomic E-state index is -0.907. The summed E-state index contributed by atoms with van der Waals surface area (Å²) in [5, 5.41) is 8.94. The Bertz CT molecular complexity index is 257. The zero-order chi connectivity index (χ0) is 11.4. The van der Waals surface area contributed by atoms with E-state index in [4.69, 9.17) is 5.11 Å². The summed E-state index contributed by atoms with van der Waals surface area (Å²) in [6, 6.07) is 0.213. The number of carbonyl (C=O) groups excluding carboxylic acids is 1. The van der Waals surface area contributed by atoms with E-state index in [1.54, 1.807) is 0 Å². The molecule has 0 aromatic carbocycles. The fraction of sp³-hybridized carbons (Fsp3) is 0.800. The van der Waals surface area contributed by atoms with Gasteiger partial charge >= 0.3 is 5.97 Å². The summed E-state index contributed by atoms with van der Waals surface area (Å²) >= 11 is 1.86. The van der Waals surface area contributed by atoms with E-state index in [-0.39, 0.29) is 24.8 Å². The third-order valence-electron chi connectivity index (χ3n) is 2.76. The number of amides is 1. The molecular formula is C10H17NO3S. The van der Waals surface area contributed by atoms with Crippen molar-refractivity contribution in [3.05, 3.63) is 0 Å². The Morgan fingerprint density at radius 2 is 2.07 bits per heavy atom. The molecule has 4 nitrogen and oxygen atoms in total. The van der Waals surface area contributed by atoms with Crippen LogP contribution in [0.5, 0.6) is 0 Å². The van der Waals surface area contributed by atoms with Gasteiger partial charge in [-0.25, -0.2) is 0 Å². The number of hydrogen-bond donors (Lipinski definition) is 1. The van der Waals surface area contributed by atoms with Gasteiger partial charge in [-0.1, -0.05) is 6.92 Å². The lowest BCUT2D eigenvalue weighted by molar-refractivity contribution is -0.141. The maximum absolute atomic E-state index is 11.7. The van der Waals surface area contributed by atoms with Crippen molar-refractivity contribution < 1.29 is 14.7 Å². The van der Waals surface area contributed by atoms with Crippen LogP contribution in [-0.4, -0.2) is 45.5 Å². The van der Waals surface area contributed by atoms with Crippen molar-refractivity contribution in [3.8, 4) is 0 Å². The zero-order valence-electron chi connectivity index (χ0n) is 9.10. The molecule has 0 spiro atoms. The Morgan fingerprint density at radius 1 is 1.40 bits per heavy atom. The van der Waals surface area contributed by atoms with Gasteiger partial charge in [0.25, 0.3) is 0 Å². The van der Waals surface area contributed by atoms with E-state index in [2.05, 4.69) is 6.92 Å². The lowest BCUT2D eigenvalue weighted by atomic mass is 10.1. The molecule has 0 aromatic rings. The minimum absolute atomic E-state index is 0.0305. The summed E-state index contributed by atoms with van der Waals surface area (Å²) in [5.41, 5.74) is 0. The molecule has 0 bridgehead atoms. The first kappa shape index (κ1) is 12.4. The summed E-state index contributed by atoms with van der Waals surface area (Å²) in [7, 11) is 0. The van der Waals surface area contributed by atoms with Gasteiger partial charge in [0.2, 0.25) is 5.91 Å². The summed E-state index contributed by atoms with van der Waals surface area (Å²) in [6.45, 7) is 4.87. The van der Waals surface area contributed by atoms with E-state index < -0.39 is 5.97 Å². The molecule has 0 aromatic heterocycles. The van der Waals surface area contributed by atoms with E-state index in [0.29, 0.717) is 5.25 Å². The molecule has 0 saturated carbocycles. The number of nitrogens with zero attached hydrogens (tertiary/aromatic N) is 1. The molecule has 1 fully saturated rings. The first-order chi connectivity index (χ1) is 7.02. The highest BCUT2D eigenvalue weighted by molar-refractivity contribution is 8.00. The van der Waals surface area contributed by atoms with Crippen molar-refractivity contribution in [2.45, 2.75) is 38.0 Å². The Hall–Kier alpha value is -0.710. The molecule has 2 atom stereocenters. The van der Waals surface area contributed by atoms with Crippen molar-refractivity contribution in [3.63, 3.8) is 0 Å². The largest absolute Gasteiger partial charge is 0.481 e. The van der Waals surface area contributed by atoms with Gasteiger partial charge in [0.1, 0.15) is 0 Å². The number of aliphatic carboxylic acids is 1. The molecule has 5 heteroatoms. The van der Waals surface area contributed by atoms with Gasteiger partial charge < -0.3 is 10.0 Å². The maximum Gasteiger partial charge on any atom is 0.303 e.